The Morgan fingerprint density at radius 1 is 1.04 bits per heavy atom. The lowest BCUT2D eigenvalue weighted by Crippen LogP contribution is -2.32. The number of hydrogen-bond donors (Lipinski definition) is 2. The average Bonchev–Trinajstić information content (AvgIpc) is 2.59. The summed E-state index contributed by atoms with van der Waals surface area (Å²) < 4.78 is 5.08. The highest BCUT2D eigenvalue weighted by Crippen LogP contribution is 2.23. The highest BCUT2D eigenvalue weighted by atomic mass is 16.5. The van der Waals surface area contributed by atoms with Gasteiger partial charge < -0.3 is 15.4 Å². The molecule has 0 bridgehead atoms. The number of benzene rings is 2. The van der Waals surface area contributed by atoms with Crippen LogP contribution in [0.3, 0.4) is 0 Å². The Bertz CT molecular complexity index is 746. The maximum absolute atomic E-state index is 12.1. The fourth-order valence-electron chi connectivity index (χ4n) is 2.29. The van der Waals surface area contributed by atoms with E-state index in [1.54, 1.807) is 24.3 Å². The van der Waals surface area contributed by atoms with E-state index in [-0.39, 0.29) is 23.8 Å². The standard InChI is InChI=1S/C20H24N2O3/c1-20(2,3)15-8-10-16(11-9-15)22-18(23)13-21-19(24)14-6-5-7-17(12-14)25-4/h5-12H,13H2,1-4H3,(H,21,24)(H,22,23). The fourth-order valence-corrected chi connectivity index (χ4v) is 2.29. The Morgan fingerprint density at radius 2 is 1.72 bits per heavy atom. The zero-order valence-electron chi connectivity index (χ0n) is 15.1. The van der Waals surface area contributed by atoms with Gasteiger partial charge in [0.05, 0.1) is 13.7 Å². The molecule has 5 heteroatoms. The third-order valence-electron chi connectivity index (χ3n) is 3.78. The van der Waals surface area contributed by atoms with Crippen LogP contribution in [0.1, 0.15) is 36.7 Å². The first-order chi connectivity index (χ1) is 11.8. The van der Waals surface area contributed by atoms with Crippen molar-refractivity contribution in [1.82, 2.24) is 5.32 Å². The molecule has 0 saturated heterocycles. The van der Waals surface area contributed by atoms with Gasteiger partial charge in [0.25, 0.3) is 5.91 Å². The third kappa shape index (κ3) is 5.35. The first-order valence-corrected chi connectivity index (χ1v) is 8.12. The van der Waals surface area contributed by atoms with E-state index in [1.807, 2.05) is 24.3 Å². The van der Waals surface area contributed by atoms with Gasteiger partial charge in [0.1, 0.15) is 5.75 Å². The summed E-state index contributed by atoms with van der Waals surface area (Å²) in [7, 11) is 1.54. The van der Waals surface area contributed by atoms with Crippen LogP contribution in [0.25, 0.3) is 0 Å². The topological polar surface area (TPSA) is 67.4 Å². The number of amides is 2. The second kappa shape index (κ2) is 7.83. The van der Waals surface area contributed by atoms with Gasteiger partial charge in [-0.3, -0.25) is 9.59 Å². The molecule has 0 saturated carbocycles. The Labute approximate surface area is 148 Å². The molecule has 0 aliphatic rings. The van der Waals surface area contributed by atoms with Crippen molar-refractivity contribution in [1.29, 1.82) is 0 Å². The summed E-state index contributed by atoms with van der Waals surface area (Å²) >= 11 is 0. The molecule has 2 aromatic rings. The number of nitrogens with one attached hydrogen (secondary N) is 2. The number of hydrogen-bond acceptors (Lipinski definition) is 3. The lowest BCUT2D eigenvalue weighted by Gasteiger charge is -2.19. The number of ether oxygens (including phenoxy) is 1. The van der Waals surface area contributed by atoms with Gasteiger partial charge in [-0.1, -0.05) is 39.0 Å². The number of methoxy groups -OCH3 is 1. The van der Waals surface area contributed by atoms with Crippen molar-refractivity contribution in [3.05, 3.63) is 59.7 Å². The van der Waals surface area contributed by atoms with Crippen molar-refractivity contribution in [2.45, 2.75) is 26.2 Å². The first-order valence-electron chi connectivity index (χ1n) is 8.12. The molecule has 2 aromatic carbocycles. The molecule has 0 radical (unpaired) electrons. The Kier molecular flexibility index (Phi) is 5.80. The molecule has 0 spiro atoms. The van der Waals surface area contributed by atoms with Gasteiger partial charge in [0.15, 0.2) is 0 Å². The van der Waals surface area contributed by atoms with Crippen LogP contribution in [-0.4, -0.2) is 25.5 Å². The Balaban J connectivity index is 1.89. The smallest absolute Gasteiger partial charge is 0.251 e. The van der Waals surface area contributed by atoms with Crippen LogP contribution in [0.2, 0.25) is 0 Å². The summed E-state index contributed by atoms with van der Waals surface area (Å²) in [6.07, 6.45) is 0. The van der Waals surface area contributed by atoms with E-state index in [0.29, 0.717) is 17.0 Å². The molecule has 25 heavy (non-hydrogen) atoms. The number of anilines is 1. The summed E-state index contributed by atoms with van der Waals surface area (Å²) in [5.41, 5.74) is 2.40. The second-order valence-electron chi connectivity index (χ2n) is 6.79. The maximum Gasteiger partial charge on any atom is 0.251 e. The molecule has 0 aliphatic carbocycles. The maximum atomic E-state index is 12.1. The SMILES string of the molecule is COc1cccc(C(=O)NCC(=O)Nc2ccc(C(C)(C)C)cc2)c1. The van der Waals surface area contributed by atoms with Crippen molar-refractivity contribution >= 4 is 17.5 Å². The largest absolute Gasteiger partial charge is 0.497 e. The molecule has 0 aliphatic heterocycles. The van der Waals surface area contributed by atoms with E-state index in [9.17, 15) is 9.59 Å². The molecule has 0 unspecified atom stereocenters. The highest BCUT2D eigenvalue weighted by molar-refractivity contribution is 5.99. The quantitative estimate of drug-likeness (QED) is 0.877. The number of rotatable bonds is 5. The molecule has 5 nitrogen and oxygen atoms in total. The minimum absolute atomic E-state index is 0.0628. The molecule has 0 aromatic heterocycles. The number of carbonyl (C=O) groups excluding carboxylic acids is 2. The van der Waals surface area contributed by atoms with Gasteiger partial charge in [-0.05, 0) is 41.3 Å². The molecule has 0 atom stereocenters. The van der Waals surface area contributed by atoms with Gasteiger partial charge in [0.2, 0.25) is 5.91 Å². The second-order valence-corrected chi connectivity index (χ2v) is 6.79. The van der Waals surface area contributed by atoms with E-state index in [2.05, 4.69) is 31.4 Å². The lowest BCUT2D eigenvalue weighted by molar-refractivity contribution is -0.115. The van der Waals surface area contributed by atoms with Crippen LogP contribution in [0, 0.1) is 0 Å². The normalized spacial score (nSPS) is 10.9. The van der Waals surface area contributed by atoms with Crippen molar-refractivity contribution in [3.8, 4) is 5.75 Å². The predicted octanol–water partition coefficient (Wildman–Crippen LogP) is 3.36. The summed E-state index contributed by atoms with van der Waals surface area (Å²) in [6.45, 7) is 6.30. The predicted molar refractivity (Wildman–Crippen MR) is 99.1 cm³/mol. The highest BCUT2D eigenvalue weighted by Gasteiger charge is 2.13. The average molecular weight is 340 g/mol. The lowest BCUT2D eigenvalue weighted by atomic mass is 9.87. The molecular weight excluding hydrogens is 316 g/mol. The Hall–Kier alpha value is -2.82. The van der Waals surface area contributed by atoms with Gasteiger partial charge in [-0.25, -0.2) is 0 Å². The van der Waals surface area contributed by atoms with Crippen molar-refractivity contribution in [2.75, 3.05) is 19.0 Å². The molecule has 0 heterocycles. The molecular formula is C20H24N2O3. The van der Waals surface area contributed by atoms with Crippen LogP contribution in [0.15, 0.2) is 48.5 Å². The van der Waals surface area contributed by atoms with E-state index in [0.717, 1.165) is 0 Å². The van der Waals surface area contributed by atoms with Gasteiger partial charge in [0, 0.05) is 11.3 Å². The summed E-state index contributed by atoms with van der Waals surface area (Å²) in [4.78, 5) is 24.1. The van der Waals surface area contributed by atoms with E-state index in [1.165, 1.54) is 12.7 Å². The van der Waals surface area contributed by atoms with Crippen LogP contribution < -0.4 is 15.4 Å². The van der Waals surface area contributed by atoms with Crippen LogP contribution >= 0.6 is 0 Å². The van der Waals surface area contributed by atoms with Crippen LogP contribution in [-0.2, 0) is 10.2 Å². The first kappa shape index (κ1) is 18.5. The molecule has 2 N–H and O–H groups in total. The van der Waals surface area contributed by atoms with Crippen LogP contribution in [0.4, 0.5) is 5.69 Å². The molecule has 2 amide bonds. The van der Waals surface area contributed by atoms with Gasteiger partial charge in [-0.15, -0.1) is 0 Å². The van der Waals surface area contributed by atoms with Crippen molar-refractivity contribution in [3.63, 3.8) is 0 Å². The minimum atomic E-state index is -0.322. The number of carbonyl (C=O) groups is 2. The third-order valence-corrected chi connectivity index (χ3v) is 3.78. The zero-order valence-corrected chi connectivity index (χ0v) is 15.1. The van der Waals surface area contributed by atoms with Gasteiger partial charge in [-0.2, -0.15) is 0 Å². The van der Waals surface area contributed by atoms with Gasteiger partial charge >= 0.3 is 0 Å². The van der Waals surface area contributed by atoms with Crippen LogP contribution in [0.5, 0.6) is 5.75 Å². The fraction of sp³-hybridized carbons (Fsp3) is 0.300. The van der Waals surface area contributed by atoms with E-state index >= 15 is 0 Å². The van der Waals surface area contributed by atoms with E-state index in [4.69, 9.17) is 4.74 Å². The summed E-state index contributed by atoms with van der Waals surface area (Å²) in [6, 6.07) is 14.5. The molecule has 2 rings (SSSR count). The monoisotopic (exact) mass is 340 g/mol. The molecule has 0 fully saturated rings. The Morgan fingerprint density at radius 3 is 2.32 bits per heavy atom. The molecule has 132 valence electrons. The zero-order chi connectivity index (χ0) is 18.4. The van der Waals surface area contributed by atoms with E-state index < -0.39 is 0 Å². The summed E-state index contributed by atoms with van der Waals surface area (Å²) in [5, 5.41) is 5.37. The van der Waals surface area contributed by atoms with Crippen molar-refractivity contribution < 1.29 is 14.3 Å². The van der Waals surface area contributed by atoms with Crippen molar-refractivity contribution in [2.24, 2.45) is 0 Å². The minimum Gasteiger partial charge on any atom is -0.497 e. The summed E-state index contributed by atoms with van der Waals surface area (Å²) in [5.74, 6) is -0.00655.